The number of amides is 2. The zero-order chi connectivity index (χ0) is 24.0. The number of anilines is 1. The van der Waals surface area contributed by atoms with Crippen molar-refractivity contribution < 1.29 is 27.9 Å². The molecule has 10 nitrogen and oxygen atoms in total. The normalized spacial score (nSPS) is 14.2. The second kappa shape index (κ2) is 10.9. The lowest BCUT2D eigenvalue weighted by Gasteiger charge is -2.21. The van der Waals surface area contributed by atoms with Crippen molar-refractivity contribution in [3.05, 3.63) is 52.5 Å². The summed E-state index contributed by atoms with van der Waals surface area (Å²) >= 11 is 5.81. The first-order valence-electron chi connectivity index (χ1n) is 10.2. The summed E-state index contributed by atoms with van der Waals surface area (Å²) in [6.07, 6.45) is 0.184. The zero-order valence-corrected chi connectivity index (χ0v) is 19.2. The third-order valence-electron chi connectivity index (χ3n) is 4.91. The molecule has 1 unspecified atom stereocenters. The van der Waals surface area contributed by atoms with E-state index in [1.165, 1.54) is 12.1 Å². The molecular weight excluding hydrogens is 472 g/mol. The highest BCUT2D eigenvalue weighted by Crippen LogP contribution is 2.31. The van der Waals surface area contributed by atoms with E-state index >= 15 is 0 Å². The maximum absolute atomic E-state index is 12.2. The summed E-state index contributed by atoms with van der Waals surface area (Å²) in [5.41, 5.74) is 1.75. The molecular formula is C21H25ClN4O6S. The van der Waals surface area contributed by atoms with Gasteiger partial charge in [-0.15, -0.1) is 0 Å². The molecule has 6 N–H and O–H groups in total. The van der Waals surface area contributed by atoms with Gasteiger partial charge in [-0.25, -0.2) is 13.6 Å². The van der Waals surface area contributed by atoms with Gasteiger partial charge >= 0.3 is 0 Å². The Balaban J connectivity index is 1.39. The quantitative estimate of drug-likeness (QED) is 0.301. The predicted molar refractivity (Wildman–Crippen MR) is 123 cm³/mol. The fraction of sp³-hybridized carbons (Fsp3) is 0.333. The van der Waals surface area contributed by atoms with Gasteiger partial charge in [0, 0.05) is 42.9 Å². The minimum Gasteiger partial charge on any atom is -0.490 e. The lowest BCUT2D eigenvalue weighted by atomic mass is 10.0. The Morgan fingerprint density at radius 3 is 2.79 bits per heavy atom. The van der Waals surface area contributed by atoms with E-state index in [0.717, 1.165) is 17.3 Å². The van der Waals surface area contributed by atoms with Crippen LogP contribution in [0, 0.1) is 0 Å². The van der Waals surface area contributed by atoms with Crippen LogP contribution in [0.25, 0.3) is 0 Å². The van der Waals surface area contributed by atoms with E-state index in [1.54, 1.807) is 12.1 Å². The van der Waals surface area contributed by atoms with Crippen LogP contribution in [0.5, 0.6) is 5.75 Å². The maximum atomic E-state index is 12.2. The van der Waals surface area contributed by atoms with Gasteiger partial charge in [-0.3, -0.25) is 9.59 Å². The summed E-state index contributed by atoms with van der Waals surface area (Å²) < 4.78 is 28.8. The molecule has 1 aliphatic heterocycles. The minimum absolute atomic E-state index is 0.0307. The number of carbonyl (C=O) groups is 2. The molecule has 12 heteroatoms. The van der Waals surface area contributed by atoms with Crippen LogP contribution in [0.15, 0.2) is 41.3 Å². The number of hydrogen-bond donors (Lipinski definition) is 5. The van der Waals surface area contributed by atoms with E-state index in [-0.39, 0.29) is 41.1 Å². The molecule has 0 aliphatic carbocycles. The number of nitrogens with one attached hydrogen (secondary N) is 3. The fourth-order valence-electron chi connectivity index (χ4n) is 3.27. The largest absolute Gasteiger partial charge is 0.490 e. The number of halogens is 1. The van der Waals surface area contributed by atoms with Crippen LogP contribution in [0.4, 0.5) is 5.69 Å². The third kappa shape index (κ3) is 6.89. The number of sulfonamides is 1. The van der Waals surface area contributed by atoms with Gasteiger partial charge in [-0.1, -0.05) is 17.7 Å². The summed E-state index contributed by atoms with van der Waals surface area (Å²) in [6, 6.07) is 9.20. The number of primary sulfonamides is 1. The van der Waals surface area contributed by atoms with Crippen LogP contribution >= 0.6 is 11.6 Å². The van der Waals surface area contributed by atoms with Gasteiger partial charge in [0.25, 0.3) is 5.91 Å². The summed E-state index contributed by atoms with van der Waals surface area (Å²) in [5.74, 6) is 0.112. The van der Waals surface area contributed by atoms with E-state index < -0.39 is 22.0 Å². The molecule has 1 heterocycles. The molecule has 2 amide bonds. The van der Waals surface area contributed by atoms with Gasteiger partial charge in [0.15, 0.2) is 0 Å². The summed E-state index contributed by atoms with van der Waals surface area (Å²) in [6.45, 7) is 0.903. The highest BCUT2D eigenvalue weighted by atomic mass is 35.5. The maximum Gasteiger partial charge on any atom is 0.251 e. The minimum atomic E-state index is -4.04. The first-order chi connectivity index (χ1) is 15.6. The summed E-state index contributed by atoms with van der Waals surface area (Å²) in [5, 5.41) is 23.6. The molecule has 0 saturated carbocycles. The van der Waals surface area contributed by atoms with Crippen molar-refractivity contribution in [2.45, 2.75) is 23.8 Å². The highest BCUT2D eigenvalue weighted by Gasteiger charge is 2.19. The predicted octanol–water partition coefficient (Wildman–Crippen LogP) is 0.631. The number of aliphatic hydroxyl groups is 1. The average Bonchev–Trinajstić information content (AvgIpc) is 2.76. The monoisotopic (exact) mass is 496 g/mol. The lowest BCUT2D eigenvalue weighted by Crippen LogP contribution is -2.37. The van der Waals surface area contributed by atoms with Crippen LogP contribution in [0.3, 0.4) is 0 Å². The third-order valence-corrected chi connectivity index (χ3v) is 6.30. The number of hydrogen-bond acceptors (Lipinski definition) is 7. The Morgan fingerprint density at radius 2 is 2.03 bits per heavy atom. The van der Waals surface area contributed by atoms with Crippen molar-refractivity contribution in [2.24, 2.45) is 5.14 Å². The summed E-state index contributed by atoms with van der Waals surface area (Å²) in [7, 11) is -4.04. The molecule has 0 saturated heterocycles. The Bertz CT molecular complexity index is 1140. The molecule has 0 spiro atoms. The van der Waals surface area contributed by atoms with Gasteiger partial charge in [0.1, 0.15) is 23.4 Å². The topological polar surface area (TPSA) is 160 Å². The number of aliphatic hydroxyl groups excluding tert-OH is 1. The molecule has 1 aliphatic rings. The average molecular weight is 497 g/mol. The number of carbonyl (C=O) groups excluding carboxylic acids is 2. The Kier molecular flexibility index (Phi) is 8.27. The number of nitrogens with two attached hydrogens (primary N) is 1. The SMILES string of the molecule is NS(=O)(=O)c1cc(C(=O)NCCNCC(O)COc2cccc3c2CCC(=O)N3)ccc1Cl. The molecule has 0 bridgehead atoms. The van der Waals surface area contributed by atoms with E-state index in [2.05, 4.69) is 16.0 Å². The van der Waals surface area contributed by atoms with E-state index in [0.29, 0.717) is 25.1 Å². The number of rotatable bonds is 10. The number of benzene rings is 2. The molecule has 178 valence electrons. The van der Waals surface area contributed by atoms with Crippen molar-refractivity contribution in [2.75, 3.05) is 31.6 Å². The number of ether oxygens (including phenoxy) is 1. The smallest absolute Gasteiger partial charge is 0.251 e. The van der Waals surface area contributed by atoms with Gasteiger partial charge in [0.05, 0.1) is 5.02 Å². The van der Waals surface area contributed by atoms with Crippen molar-refractivity contribution in [3.63, 3.8) is 0 Å². The first-order valence-corrected chi connectivity index (χ1v) is 12.1. The van der Waals surface area contributed by atoms with E-state index in [9.17, 15) is 23.1 Å². The van der Waals surface area contributed by atoms with Gasteiger partial charge in [-0.05, 0) is 36.8 Å². The van der Waals surface area contributed by atoms with Crippen LogP contribution in [0.2, 0.25) is 5.02 Å². The molecule has 1 atom stereocenters. The van der Waals surface area contributed by atoms with Crippen LogP contribution in [-0.4, -0.2) is 57.7 Å². The van der Waals surface area contributed by atoms with Crippen LogP contribution < -0.4 is 25.8 Å². The zero-order valence-electron chi connectivity index (χ0n) is 17.6. The van der Waals surface area contributed by atoms with Crippen molar-refractivity contribution >= 4 is 39.1 Å². The molecule has 2 aromatic rings. The number of fused-ring (bicyclic) bond motifs is 1. The van der Waals surface area contributed by atoms with Gasteiger partial charge in [0.2, 0.25) is 15.9 Å². The van der Waals surface area contributed by atoms with Crippen molar-refractivity contribution in [3.8, 4) is 5.75 Å². The van der Waals surface area contributed by atoms with Gasteiger partial charge in [-0.2, -0.15) is 0 Å². The van der Waals surface area contributed by atoms with Gasteiger partial charge < -0.3 is 25.8 Å². The second-order valence-electron chi connectivity index (χ2n) is 7.45. The Hall–Kier alpha value is -2.70. The second-order valence-corrected chi connectivity index (χ2v) is 9.38. The first kappa shape index (κ1) is 24.9. The van der Waals surface area contributed by atoms with Crippen LogP contribution in [-0.2, 0) is 21.2 Å². The molecule has 0 radical (unpaired) electrons. The van der Waals surface area contributed by atoms with Crippen LogP contribution in [0.1, 0.15) is 22.3 Å². The molecule has 2 aromatic carbocycles. The van der Waals surface area contributed by atoms with Crippen molar-refractivity contribution in [1.29, 1.82) is 0 Å². The Morgan fingerprint density at radius 1 is 1.24 bits per heavy atom. The summed E-state index contributed by atoms with van der Waals surface area (Å²) in [4.78, 5) is 23.4. The van der Waals surface area contributed by atoms with Crippen molar-refractivity contribution in [1.82, 2.24) is 10.6 Å². The molecule has 3 rings (SSSR count). The molecule has 0 fully saturated rings. The standard InChI is InChI=1S/C21H25ClN4O6S/c22-16-6-4-13(10-19(16)33(23,30)31)21(29)25-9-8-24-11-14(27)12-32-18-3-1-2-17-15(18)5-7-20(28)26-17/h1-4,6,10,14,24,27H,5,7-9,11-12H2,(H,25,29)(H,26,28)(H2,23,30,31). The highest BCUT2D eigenvalue weighted by molar-refractivity contribution is 7.89. The van der Waals surface area contributed by atoms with E-state index in [1.807, 2.05) is 6.07 Å². The molecule has 33 heavy (non-hydrogen) atoms. The Labute approximate surface area is 196 Å². The lowest BCUT2D eigenvalue weighted by molar-refractivity contribution is -0.116. The molecule has 0 aromatic heterocycles. The van der Waals surface area contributed by atoms with E-state index in [4.69, 9.17) is 21.5 Å². The fourth-order valence-corrected chi connectivity index (χ4v) is 4.34.